The zero-order valence-electron chi connectivity index (χ0n) is 14.3. The Labute approximate surface area is 157 Å². The summed E-state index contributed by atoms with van der Waals surface area (Å²) in [6, 6.07) is 3.76. The zero-order valence-corrected chi connectivity index (χ0v) is 15.9. The van der Waals surface area contributed by atoms with E-state index in [0.717, 1.165) is 17.6 Å². The lowest BCUT2D eigenvalue weighted by Crippen LogP contribution is -2.54. The molecule has 0 amide bonds. The van der Waals surface area contributed by atoms with Gasteiger partial charge in [-0.3, -0.25) is 4.79 Å². The predicted octanol–water partition coefficient (Wildman–Crippen LogP) is 4.43. The van der Waals surface area contributed by atoms with Gasteiger partial charge in [0.15, 0.2) is 21.6 Å². The molecule has 0 spiro atoms. The number of Topliss-reactive ketones (excluding diaryl/α,β-unsaturated/α-hetero) is 1. The smallest absolute Gasteiger partial charge is 0.203 e. The lowest BCUT2D eigenvalue weighted by Gasteiger charge is -2.43. The third kappa shape index (κ3) is 3.02. The Morgan fingerprint density at radius 3 is 2.36 bits per heavy atom. The number of benzene rings is 1. The fraction of sp³-hybridized carbons (Fsp3) is 0.421. The minimum atomic E-state index is -1.26. The van der Waals surface area contributed by atoms with Crippen LogP contribution in [-0.2, 0) is 4.79 Å². The normalized spacial score (nSPS) is 23.9. The molecule has 0 saturated heterocycles. The maximum absolute atomic E-state index is 11.9. The van der Waals surface area contributed by atoms with Crippen LogP contribution in [-0.4, -0.2) is 31.4 Å². The summed E-state index contributed by atoms with van der Waals surface area (Å²) >= 11 is 12.3. The Bertz CT molecular complexity index is 727. The van der Waals surface area contributed by atoms with Gasteiger partial charge in [-0.25, -0.2) is 0 Å². The first-order valence-corrected chi connectivity index (χ1v) is 8.77. The van der Waals surface area contributed by atoms with Gasteiger partial charge >= 0.3 is 0 Å². The summed E-state index contributed by atoms with van der Waals surface area (Å²) < 4.78 is 14.8. The molecular formula is C19H20Cl2O4. The summed E-state index contributed by atoms with van der Waals surface area (Å²) in [7, 11) is 4.74. The molecule has 0 unspecified atom stereocenters. The van der Waals surface area contributed by atoms with Gasteiger partial charge in [-0.2, -0.15) is 0 Å². The second-order valence-corrected chi connectivity index (χ2v) is 7.54. The molecular weight excluding hydrogens is 363 g/mol. The average molecular weight is 383 g/mol. The molecule has 0 bridgehead atoms. The molecule has 0 radical (unpaired) electrons. The highest BCUT2D eigenvalue weighted by Gasteiger charge is 2.62. The van der Waals surface area contributed by atoms with Gasteiger partial charge in [0.2, 0.25) is 5.75 Å². The van der Waals surface area contributed by atoms with Crippen molar-refractivity contribution < 1.29 is 19.0 Å². The van der Waals surface area contributed by atoms with Crippen LogP contribution in [0.2, 0.25) is 0 Å². The molecule has 1 aromatic carbocycles. The number of hydrogen-bond acceptors (Lipinski definition) is 4. The van der Waals surface area contributed by atoms with E-state index in [1.54, 1.807) is 21.3 Å². The number of rotatable bonds is 6. The SMILES string of the molecule is COc1cc(/C=C\CC2=CC[C@@H]3C(=O)C(Cl)(Cl)[C@H]23)cc(OC)c1OC. The van der Waals surface area contributed by atoms with Gasteiger partial charge < -0.3 is 14.2 Å². The highest BCUT2D eigenvalue weighted by Crippen LogP contribution is 2.57. The molecule has 2 aliphatic rings. The van der Waals surface area contributed by atoms with Crippen molar-refractivity contribution in [2.45, 2.75) is 17.2 Å². The van der Waals surface area contributed by atoms with Gasteiger partial charge in [0.25, 0.3) is 0 Å². The molecule has 2 aliphatic carbocycles. The highest BCUT2D eigenvalue weighted by molar-refractivity contribution is 6.61. The molecule has 134 valence electrons. The highest BCUT2D eigenvalue weighted by atomic mass is 35.5. The molecule has 1 saturated carbocycles. The molecule has 4 nitrogen and oxygen atoms in total. The van der Waals surface area contributed by atoms with Crippen molar-refractivity contribution in [2.24, 2.45) is 11.8 Å². The number of methoxy groups -OCH3 is 3. The van der Waals surface area contributed by atoms with E-state index in [2.05, 4.69) is 6.08 Å². The van der Waals surface area contributed by atoms with E-state index in [4.69, 9.17) is 37.4 Å². The Balaban J connectivity index is 1.74. The van der Waals surface area contributed by atoms with E-state index in [9.17, 15) is 4.79 Å². The van der Waals surface area contributed by atoms with Gasteiger partial charge in [0, 0.05) is 11.8 Å². The molecule has 3 rings (SSSR count). The van der Waals surface area contributed by atoms with Gasteiger partial charge in [-0.1, -0.05) is 47.0 Å². The zero-order chi connectivity index (χ0) is 18.2. The summed E-state index contributed by atoms with van der Waals surface area (Å²) in [4.78, 5) is 11.9. The first-order chi connectivity index (χ1) is 11.9. The minimum absolute atomic E-state index is 0.0421. The van der Waals surface area contributed by atoms with Crippen LogP contribution in [0, 0.1) is 11.8 Å². The molecule has 0 N–H and O–H groups in total. The number of allylic oxidation sites excluding steroid dienone is 3. The number of carbonyl (C=O) groups is 1. The van der Waals surface area contributed by atoms with Crippen LogP contribution < -0.4 is 14.2 Å². The third-order valence-electron chi connectivity index (χ3n) is 4.84. The summed E-state index contributed by atoms with van der Waals surface area (Å²) in [5.41, 5.74) is 2.05. The lowest BCUT2D eigenvalue weighted by molar-refractivity contribution is -0.133. The van der Waals surface area contributed by atoms with Gasteiger partial charge in [0.05, 0.1) is 21.3 Å². The number of ether oxygens (including phenoxy) is 3. The van der Waals surface area contributed by atoms with Crippen LogP contribution in [0.25, 0.3) is 6.08 Å². The van der Waals surface area contributed by atoms with Crippen LogP contribution in [0.1, 0.15) is 18.4 Å². The van der Waals surface area contributed by atoms with E-state index < -0.39 is 4.33 Å². The maximum atomic E-state index is 11.9. The third-order valence-corrected chi connectivity index (χ3v) is 5.69. The molecule has 0 aliphatic heterocycles. The fourth-order valence-electron chi connectivity index (χ4n) is 3.59. The van der Waals surface area contributed by atoms with E-state index in [0.29, 0.717) is 23.7 Å². The minimum Gasteiger partial charge on any atom is -0.493 e. The van der Waals surface area contributed by atoms with Crippen LogP contribution in [0.4, 0.5) is 0 Å². The summed E-state index contributed by atoms with van der Waals surface area (Å²) in [5, 5.41) is 0. The number of alkyl halides is 2. The Morgan fingerprint density at radius 1 is 1.16 bits per heavy atom. The van der Waals surface area contributed by atoms with Crippen LogP contribution in [0.15, 0.2) is 29.9 Å². The van der Waals surface area contributed by atoms with Crippen molar-refractivity contribution in [1.29, 1.82) is 0 Å². The van der Waals surface area contributed by atoms with Crippen molar-refractivity contribution in [2.75, 3.05) is 21.3 Å². The first-order valence-electron chi connectivity index (χ1n) is 8.01. The van der Waals surface area contributed by atoms with Crippen LogP contribution in [0.5, 0.6) is 17.2 Å². The maximum Gasteiger partial charge on any atom is 0.203 e. The molecule has 1 fully saturated rings. The Kier molecular flexibility index (Phi) is 5.03. The van der Waals surface area contributed by atoms with Gasteiger partial charge in [0.1, 0.15) is 0 Å². The van der Waals surface area contributed by atoms with Crippen molar-refractivity contribution >= 4 is 35.1 Å². The largest absolute Gasteiger partial charge is 0.493 e. The lowest BCUT2D eigenvalue weighted by atomic mass is 9.70. The predicted molar refractivity (Wildman–Crippen MR) is 98.9 cm³/mol. The van der Waals surface area contributed by atoms with Crippen molar-refractivity contribution in [3.05, 3.63) is 35.4 Å². The van der Waals surface area contributed by atoms with Gasteiger partial charge in [-0.15, -0.1) is 0 Å². The molecule has 2 atom stereocenters. The van der Waals surface area contributed by atoms with Crippen molar-refractivity contribution in [3.8, 4) is 17.2 Å². The number of hydrogen-bond donors (Lipinski definition) is 0. The number of halogens is 2. The molecule has 1 aromatic rings. The average Bonchev–Trinajstić information content (AvgIpc) is 3.02. The fourth-order valence-corrected chi connectivity index (χ4v) is 4.45. The summed E-state index contributed by atoms with van der Waals surface area (Å²) in [5.74, 6) is 1.61. The monoisotopic (exact) mass is 382 g/mol. The summed E-state index contributed by atoms with van der Waals surface area (Å²) in [6.45, 7) is 0. The van der Waals surface area contributed by atoms with Crippen LogP contribution in [0.3, 0.4) is 0 Å². The standard InChI is InChI=1S/C19H20Cl2O4/c1-23-14-9-11(10-15(24-2)17(14)25-3)5-4-6-12-7-8-13-16(12)19(20,21)18(13)22/h4-5,7,9-10,13,16H,6,8H2,1-3H3/b5-4-/t13-,16+/m0/s1. The molecule has 0 heterocycles. The first kappa shape index (κ1) is 18.2. The number of ketones is 1. The quantitative estimate of drug-likeness (QED) is 0.538. The summed E-state index contributed by atoms with van der Waals surface area (Å²) in [6.07, 6.45) is 7.52. The molecule has 0 aromatic heterocycles. The van der Waals surface area contributed by atoms with E-state index in [1.807, 2.05) is 24.3 Å². The number of fused-ring (bicyclic) bond motifs is 1. The topological polar surface area (TPSA) is 44.8 Å². The van der Waals surface area contributed by atoms with Crippen molar-refractivity contribution in [1.82, 2.24) is 0 Å². The molecule has 25 heavy (non-hydrogen) atoms. The Hall–Kier alpha value is -1.65. The number of carbonyl (C=O) groups excluding carboxylic acids is 1. The Morgan fingerprint density at radius 2 is 1.80 bits per heavy atom. The second kappa shape index (κ2) is 6.93. The van der Waals surface area contributed by atoms with Crippen LogP contribution >= 0.6 is 23.2 Å². The van der Waals surface area contributed by atoms with E-state index >= 15 is 0 Å². The molecule has 6 heteroatoms. The van der Waals surface area contributed by atoms with Gasteiger partial charge in [-0.05, 0) is 30.5 Å². The van der Waals surface area contributed by atoms with E-state index in [-0.39, 0.29) is 17.6 Å². The van der Waals surface area contributed by atoms with Crippen molar-refractivity contribution in [3.63, 3.8) is 0 Å². The van der Waals surface area contributed by atoms with E-state index in [1.165, 1.54) is 0 Å². The second-order valence-electron chi connectivity index (χ2n) is 6.15.